The summed E-state index contributed by atoms with van der Waals surface area (Å²) in [6, 6.07) is 17.7. The first-order valence-corrected chi connectivity index (χ1v) is 15.3. The molecule has 1 unspecified atom stereocenters. The van der Waals surface area contributed by atoms with Gasteiger partial charge in [0.2, 0.25) is 21.8 Å². The SMILES string of the molecule is CCNC(=O)C(Cc1ccccc1)N(Cc1ccc(Cl)cc1Cl)C(=O)CN(c1ccc(OC)cc1OC)S(C)(=O)=O. The lowest BCUT2D eigenvalue weighted by molar-refractivity contribution is -0.140. The molecule has 0 fully saturated rings. The Labute approximate surface area is 251 Å². The first-order chi connectivity index (χ1) is 19.5. The van der Waals surface area contributed by atoms with Gasteiger partial charge in [-0.3, -0.25) is 13.9 Å². The van der Waals surface area contributed by atoms with E-state index >= 15 is 0 Å². The molecule has 0 aliphatic heterocycles. The summed E-state index contributed by atoms with van der Waals surface area (Å²) in [6.45, 7) is 1.45. The number of methoxy groups -OCH3 is 2. The van der Waals surface area contributed by atoms with Gasteiger partial charge in [0, 0.05) is 35.6 Å². The number of ether oxygens (including phenoxy) is 2. The number of nitrogens with zero attached hydrogens (tertiary/aromatic N) is 2. The van der Waals surface area contributed by atoms with Crippen LogP contribution in [-0.4, -0.2) is 64.7 Å². The molecule has 0 spiro atoms. The summed E-state index contributed by atoms with van der Waals surface area (Å²) >= 11 is 12.6. The third-order valence-corrected chi connectivity index (χ3v) is 8.03. The van der Waals surface area contributed by atoms with E-state index in [1.807, 2.05) is 30.3 Å². The van der Waals surface area contributed by atoms with Crippen molar-refractivity contribution in [2.75, 3.05) is 37.9 Å². The fourth-order valence-corrected chi connectivity index (χ4v) is 5.59. The molecular formula is C29H33Cl2N3O6S. The van der Waals surface area contributed by atoms with E-state index in [1.54, 1.807) is 31.2 Å². The summed E-state index contributed by atoms with van der Waals surface area (Å²) in [5, 5.41) is 3.52. The Morgan fingerprint density at radius 1 is 0.976 bits per heavy atom. The van der Waals surface area contributed by atoms with E-state index in [0.717, 1.165) is 16.1 Å². The zero-order valence-electron chi connectivity index (χ0n) is 23.3. The molecule has 3 aromatic carbocycles. The monoisotopic (exact) mass is 621 g/mol. The first-order valence-electron chi connectivity index (χ1n) is 12.7. The van der Waals surface area contributed by atoms with E-state index in [0.29, 0.717) is 27.9 Å². The van der Waals surface area contributed by atoms with Crippen molar-refractivity contribution < 1.29 is 27.5 Å². The van der Waals surface area contributed by atoms with Crippen molar-refractivity contribution in [3.05, 3.63) is 87.9 Å². The molecule has 1 atom stereocenters. The zero-order valence-corrected chi connectivity index (χ0v) is 25.6. The fraction of sp³-hybridized carbons (Fsp3) is 0.310. The highest BCUT2D eigenvalue weighted by atomic mass is 35.5. The van der Waals surface area contributed by atoms with Crippen LogP contribution in [0.3, 0.4) is 0 Å². The predicted octanol–water partition coefficient (Wildman–Crippen LogP) is 4.55. The lowest BCUT2D eigenvalue weighted by Crippen LogP contribution is -2.53. The predicted molar refractivity (Wildman–Crippen MR) is 161 cm³/mol. The van der Waals surface area contributed by atoms with Gasteiger partial charge in [-0.1, -0.05) is 59.6 Å². The highest BCUT2D eigenvalue weighted by molar-refractivity contribution is 7.92. The number of sulfonamides is 1. The van der Waals surface area contributed by atoms with Gasteiger partial charge in [0.1, 0.15) is 24.1 Å². The smallest absolute Gasteiger partial charge is 0.244 e. The van der Waals surface area contributed by atoms with E-state index in [-0.39, 0.29) is 30.3 Å². The lowest BCUT2D eigenvalue weighted by Gasteiger charge is -2.34. The highest BCUT2D eigenvalue weighted by Gasteiger charge is 2.34. The number of anilines is 1. The molecule has 0 saturated heterocycles. The molecule has 2 amide bonds. The Hall–Kier alpha value is -3.47. The van der Waals surface area contributed by atoms with Crippen molar-refractivity contribution >= 4 is 50.7 Å². The highest BCUT2D eigenvalue weighted by Crippen LogP contribution is 2.34. The Kier molecular flexibility index (Phi) is 11.3. The quantitative estimate of drug-likeness (QED) is 0.300. The summed E-state index contributed by atoms with van der Waals surface area (Å²) < 4.78 is 37.6. The van der Waals surface area contributed by atoms with E-state index < -0.39 is 28.5 Å². The Morgan fingerprint density at radius 2 is 1.68 bits per heavy atom. The van der Waals surface area contributed by atoms with Gasteiger partial charge < -0.3 is 19.7 Å². The topological polar surface area (TPSA) is 105 Å². The van der Waals surface area contributed by atoms with Gasteiger partial charge in [-0.05, 0) is 42.3 Å². The Morgan fingerprint density at radius 3 is 2.27 bits per heavy atom. The second-order valence-electron chi connectivity index (χ2n) is 9.16. The third kappa shape index (κ3) is 8.51. The summed E-state index contributed by atoms with van der Waals surface area (Å²) in [6.07, 6.45) is 1.18. The van der Waals surface area contributed by atoms with Crippen LogP contribution in [0.4, 0.5) is 5.69 Å². The van der Waals surface area contributed by atoms with Crippen molar-refractivity contribution in [2.45, 2.75) is 25.9 Å². The molecule has 0 heterocycles. The molecule has 9 nitrogen and oxygen atoms in total. The minimum atomic E-state index is -3.98. The van der Waals surface area contributed by atoms with Crippen molar-refractivity contribution in [3.63, 3.8) is 0 Å². The fourth-order valence-electron chi connectivity index (χ4n) is 4.27. The van der Waals surface area contributed by atoms with Gasteiger partial charge in [0.25, 0.3) is 0 Å². The number of nitrogens with one attached hydrogen (secondary N) is 1. The molecule has 0 bridgehead atoms. The Bertz CT molecular complexity index is 1470. The van der Waals surface area contributed by atoms with Crippen LogP contribution in [0.15, 0.2) is 66.7 Å². The van der Waals surface area contributed by atoms with Crippen molar-refractivity contribution in [1.82, 2.24) is 10.2 Å². The molecule has 12 heteroatoms. The zero-order chi connectivity index (χ0) is 30.2. The largest absolute Gasteiger partial charge is 0.497 e. The molecule has 41 heavy (non-hydrogen) atoms. The molecule has 0 saturated carbocycles. The number of amides is 2. The normalized spacial score (nSPS) is 11.9. The lowest BCUT2D eigenvalue weighted by atomic mass is 10.0. The summed E-state index contributed by atoms with van der Waals surface area (Å²) in [5.41, 5.74) is 1.51. The van der Waals surface area contributed by atoms with Gasteiger partial charge in [0.05, 0.1) is 26.2 Å². The van der Waals surface area contributed by atoms with Crippen LogP contribution >= 0.6 is 23.2 Å². The summed E-state index contributed by atoms with van der Waals surface area (Å²) in [7, 11) is -1.12. The molecule has 3 rings (SSSR count). The standard InChI is InChI=1S/C29H33Cl2N3O6S/c1-5-32-29(36)26(15-20-9-7-6-8-10-20)33(18-21-11-12-22(30)16-24(21)31)28(35)19-34(41(4,37)38)25-14-13-23(39-2)17-27(25)40-3/h6-14,16-17,26H,5,15,18-19H2,1-4H3,(H,32,36). The molecule has 1 N–H and O–H groups in total. The number of benzene rings is 3. The number of hydrogen-bond acceptors (Lipinski definition) is 6. The average Bonchev–Trinajstić information content (AvgIpc) is 2.94. The minimum absolute atomic E-state index is 0.0686. The number of hydrogen-bond donors (Lipinski definition) is 1. The number of likely N-dealkylation sites (N-methyl/N-ethyl adjacent to an activating group) is 1. The van der Waals surface area contributed by atoms with Crippen molar-refractivity contribution in [3.8, 4) is 11.5 Å². The Balaban J connectivity index is 2.10. The maximum atomic E-state index is 14.1. The number of carbonyl (C=O) groups excluding carboxylic acids is 2. The van der Waals surface area contributed by atoms with Crippen LogP contribution < -0.4 is 19.1 Å². The van der Waals surface area contributed by atoms with Crippen LogP contribution in [-0.2, 0) is 32.6 Å². The van der Waals surface area contributed by atoms with Crippen LogP contribution in [0.2, 0.25) is 10.0 Å². The van der Waals surface area contributed by atoms with Crippen LogP contribution in [0.25, 0.3) is 0 Å². The average molecular weight is 623 g/mol. The second-order valence-corrected chi connectivity index (χ2v) is 11.9. The van der Waals surface area contributed by atoms with Crippen molar-refractivity contribution in [2.24, 2.45) is 0 Å². The second kappa shape index (κ2) is 14.4. The molecule has 3 aromatic rings. The van der Waals surface area contributed by atoms with Crippen LogP contribution in [0.5, 0.6) is 11.5 Å². The van der Waals surface area contributed by atoms with Crippen molar-refractivity contribution in [1.29, 1.82) is 0 Å². The van der Waals surface area contributed by atoms with Gasteiger partial charge in [-0.2, -0.15) is 0 Å². The van der Waals surface area contributed by atoms with Gasteiger partial charge in [-0.25, -0.2) is 8.42 Å². The van der Waals surface area contributed by atoms with E-state index in [9.17, 15) is 18.0 Å². The maximum absolute atomic E-state index is 14.1. The van der Waals surface area contributed by atoms with E-state index in [4.69, 9.17) is 32.7 Å². The molecule has 220 valence electrons. The maximum Gasteiger partial charge on any atom is 0.244 e. The molecule has 0 aromatic heterocycles. The van der Waals surface area contributed by atoms with Gasteiger partial charge in [0.15, 0.2) is 0 Å². The van der Waals surface area contributed by atoms with Crippen LogP contribution in [0, 0.1) is 0 Å². The van der Waals surface area contributed by atoms with Gasteiger partial charge in [-0.15, -0.1) is 0 Å². The van der Waals surface area contributed by atoms with E-state index in [2.05, 4.69) is 5.32 Å². The minimum Gasteiger partial charge on any atom is -0.497 e. The molecule has 0 aliphatic carbocycles. The van der Waals surface area contributed by atoms with Gasteiger partial charge >= 0.3 is 0 Å². The molecule has 0 aliphatic rings. The molecule has 0 radical (unpaired) electrons. The first kappa shape index (κ1) is 32.0. The third-order valence-electron chi connectivity index (χ3n) is 6.31. The number of rotatable bonds is 13. The summed E-state index contributed by atoms with van der Waals surface area (Å²) in [5.74, 6) is -0.364. The van der Waals surface area contributed by atoms with E-state index in [1.165, 1.54) is 31.3 Å². The number of halogens is 2. The molecular weight excluding hydrogens is 589 g/mol. The summed E-state index contributed by atoms with van der Waals surface area (Å²) in [4.78, 5) is 28.9. The number of carbonyl (C=O) groups is 2. The van der Waals surface area contributed by atoms with Crippen LogP contribution in [0.1, 0.15) is 18.1 Å².